The summed E-state index contributed by atoms with van der Waals surface area (Å²) < 4.78 is 11.5. The van der Waals surface area contributed by atoms with Crippen LogP contribution in [0.5, 0.6) is 5.75 Å². The molecule has 1 aromatic heterocycles. The second-order valence-electron chi connectivity index (χ2n) is 19.3. The number of hydrogen-bond acceptors (Lipinski definition) is 10. The molecule has 11 heteroatoms. The highest BCUT2D eigenvalue weighted by molar-refractivity contribution is 5.80. The maximum Gasteiger partial charge on any atom is 0.223 e. The van der Waals surface area contributed by atoms with Gasteiger partial charge in [0.15, 0.2) is 12.2 Å². The minimum absolute atomic E-state index is 0.108. The lowest BCUT2D eigenvalue weighted by molar-refractivity contribution is -0.140. The summed E-state index contributed by atoms with van der Waals surface area (Å²) in [6, 6.07) is 6.83. The Hall–Kier alpha value is -2.54. The highest BCUT2D eigenvalue weighted by Gasteiger charge is 2.54. The molecule has 3 aliphatic heterocycles. The number of ether oxygens (including phenoxy) is 1. The number of carbonyl (C=O) groups excluding carboxylic acids is 1. The predicted octanol–water partition coefficient (Wildman–Crippen LogP) is 6.51. The number of aromatic nitrogens is 1. The lowest BCUT2D eigenvalue weighted by Gasteiger charge is -2.56. The van der Waals surface area contributed by atoms with Crippen LogP contribution in [0.2, 0.25) is 0 Å². The fourth-order valence-corrected chi connectivity index (χ4v) is 10.5. The second kappa shape index (κ2) is 19.7. The summed E-state index contributed by atoms with van der Waals surface area (Å²) in [5.74, 6) is 1.62. The van der Waals surface area contributed by atoms with Gasteiger partial charge in [-0.1, -0.05) is 70.3 Å². The van der Waals surface area contributed by atoms with Crippen LogP contribution in [0.15, 0.2) is 29.0 Å². The summed E-state index contributed by atoms with van der Waals surface area (Å²) in [6.45, 7) is 15.8. The number of rotatable bonds is 11. The second-order valence-corrected chi connectivity index (χ2v) is 19.3. The molecule has 318 valence electrons. The van der Waals surface area contributed by atoms with Crippen LogP contribution in [0, 0.1) is 18.3 Å². The third-order valence-corrected chi connectivity index (χ3v) is 14.4. The number of carbonyl (C=O) groups is 1. The van der Waals surface area contributed by atoms with E-state index >= 15 is 0 Å². The van der Waals surface area contributed by atoms with Crippen molar-refractivity contribution < 1.29 is 19.1 Å². The van der Waals surface area contributed by atoms with Crippen LogP contribution in [0.4, 0.5) is 0 Å². The molecule has 7 rings (SSSR count). The number of amides is 1. The summed E-state index contributed by atoms with van der Waals surface area (Å²) in [4.78, 5) is 26.6. The zero-order chi connectivity index (χ0) is 39.8. The Morgan fingerprint density at radius 3 is 2.32 bits per heavy atom. The topological polar surface area (TPSA) is 118 Å². The highest BCUT2D eigenvalue weighted by Crippen LogP contribution is 2.48. The summed E-state index contributed by atoms with van der Waals surface area (Å²) in [5.41, 5.74) is 3.41. The molecule has 2 saturated heterocycles. The molecule has 2 saturated carbocycles. The summed E-state index contributed by atoms with van der Waals surface area (Å²) >= 11 is 0. The molecule has 1 amide bonds. The van der Waals surface area contributed by atoms with Crippen LogP contribution in [-0.4, -0.2) is 107 Å². The standard InChI is InChI=1S/C46H75N7O4/c1-34-41(57-33-48-34)32-56-39-18-17-36-30-51(22-19-35(36)27-39)31-38(54)29-47-43(55)40-28-42(52-23-25-53(26-24-52)45(2,3)4)50-44(49-37-15-14-16-37)46(40)20-12-10-8-6-5-7-9-11-13-21-46/h17-18,27,33,37-38,40,42,44,49-50,54H,5-16,19-26,28-32H2,1-4H3,(H,47,55)/t38-,40?,42?,44?/m0/s1. The van der Waals surface area contributed by atoms with Gasteiger partial charge >= 0.3 is 0 Å². The maximum absolute atomic E-state index is 14.9. The first kappa shape index (κ1) is 42.6. The number of β-amino-alcohol motifs (C(OH)–C–C–N with tert-alkyl or cyclic N) is 1. The third kappa shape index (κ3) is 11.0. The number of aliphatic hydroxyl groups is 1. The Morgan fingerprint density at radius 1 is 0.982 bits per heavy atom. The molecule has 3 unspecified atom stereocenters. The Labute approximate surface area is 343 Å². The highest BCUT2D eigenvalue weighted by atomic mass is 16.5. The van der Waals surface area contributed by atoms with Gasteiger partial charge in [-0.3, -0.25) is 30.1 Å². The Balaban J connectivity index is 1.02. The molecule has 4 atom stereocenters. The van der Waals surface area contributed by atoms with Gasteiger partial charge in [0.2, 0.25) is 5.91 Å². The van der Waals surface area contributed by atoms with Crippen molar-refractivity contribution >= 4 is 5.91 Å². The number of hydrogen-bond donors (Lipinski definition) is 4. The summed E-state index contributed by atoms with van der Waals surface area (Å²) in [6.07, 6.45) is 20.2. The Bertz CT molecular complexity index is 1550. The van der Waals surface area contributed by atoms with E-state index in [0.717, 1.165) is 82.2 Å². The quantitative estimate of drug-likeness (QED) is 0.201. The predicted molar refractivity (Wildman–Crippen MR) is 226 cm³/mol. The number of aryl methyl sites for hydroxylation is 1. The van der Waals surface area contributed by atoms with Crippen LogP contribution in [0.1, 0.15) is 140 Å². The molecular formula is C46H75N7O4. The van der Waals surface area contributed by atoms with E-state index in [0.29, 0.717) is 19.2 Å². The fraction of sp³-hybridized carbons (Fsp3) is 0.783. The molecule has 4 N–H and O–H groups in total. The number of piperidine rings is 1. The SMILES string of the molecule is Cc1ncoc1COc1ccc2c(c1)CCN(C[C@@H](O)CNC(=O)C1CC(N3CCN(C(C)(C)C)CC3)NC(NC3CCC3)C13CCCCCCCCCCC3)C2. The van der Waals surface area contributed by atoms with Crippen molar-refractivity contribution in [3.63, 3.8) is 0 Å². The number of benzene rings is 1. The zero-order valence-electron chi connectivity index (χ0n) is 35.8. The first-order valence-corrected chi connectivity index (χ1v) is 22.9. The van der Waals surface area contributed by atoms with Crippen LogP contribution < -0.4 is 20.7 Å². The van der Waals surface area contributed by atoms with Crippen molar-refractivity contribution in [3.05, 3.63) is 47.2 Å². The van der Waals surface area contributed by atoms with E-state index in [1.165, 1.54) is 94.6 Å². The minimum atomic E-state index is -0.637. The van der Waals surface area contributed by atoms with E-state index in [2.05, 4.69) is 68.5 Å². The largest absolute Gasteiger partial charge is 0.486 e. The van der Waals surface area contributed by atoms with Crippen molar-refractivity contribution in [1.82, 2.24) is 35.6 Å². The van der Waals surface area contributed by atoms with Crippen molar-refractivity contribution in [1.29, 1.82) is 0 Å². The summed E-state index contributed by atoms with van der Waals surface area (Å²) in [7, 11) is 0. The smallest absolute Gasteiger partial charge is 0.223 e. The molecule has 1 spiro atoms. The monoisotopic (exact) mass is 790 g/mol. The summed E-state index contributed by atoms with van der Waals surface area (Å²) in [5, 5.41) is 23.2. The van der Waals surface area contributed by atoms with Crippen molar-refractivity contribution in [2.24, 2.45) is 11.3 Å². The average Bonchev–Trinajstić information content (AvgIpc) is 3.59. The van der Waals surface area contributed by atoms with Gasteiger partial charge < -0.3 is 19.6 Å². The van der Waals surface area contributed by atoms with Crippen molar-refractivity contribution in [3.8, 4) is 5.75 Å². The molecule has 4 heterocycles. The molecule has 2 aromatic rings. The molecule has 11 nitrogen and oxygen atoms in total. The minimum Gasteiger partial charge on any atom is -0.486 e. The molecule has 57 heavy (non-hydrogen) atoms. The lowest BCUT2D eigenvalue weighted by Crippen LogP contribution is -2.72. The molecule has 2 aliphatic carbocycles. The van der Waals surface area contributed by atoms with Crippen LogP contribution >= 0.6 is 0 Å². The molecule has 4 fully saturated rings. The van der Waals surface area contributed by atoms with Gasteiger partial charge in [0, 0.05) is 75.3 Å². The number of nitrogens with one attached hydrogen (secondary N) is 3. The molecule has 0 radical (unpaired) electrons. The van der Waals surface area contributed by atoms with Gasteiger partial charge in [-0.2, -0.15) is 0 Å². The first-order chi connectivity index (χ1) is 27.6. The normalized spacial score (nSPS) is 26.8. The third-order valence-electron chi connectivity index (χ3n) is 14.4. The Kier molecular flexibility index (Phi) is 14.7. The molecule has 0 bridgehead atoms. The number of aliphatic hydroxyl groups excluding tert-OH is 1. The van der Waals surface area contributed by atoms with E-state index < -0.39 is 6.10 Å². The number of nitrogens with zero attached hydrogens (tertiary/aromatic N) is 4. The van der Waals surface area contributed by atoms with Crippen molar-refractivity contribution in [2.75, 3.05) is 45.8 Å². The van der Waals surface area contributed by atoms with Crippen molar-refractivity contribution in [2.45, 2.75) is 174 Å². The maximum atomic E-state index is 14.9. The van der Waals surface area contributed by atoms with Gasteiger partial charge in [-0.05, 0) is 89.5 Å². The fourth-order valence-electron chi connectivity index (χ4n) is 10.5. The average molecular weight is 790 g/mol. The van der Waals surface area contributed by atoms with E-state index in [4.69, 9.17) is 9.15 Å². The Morgan fingerprint density at radius 2 is 1.68 bits per heavy atom. The first-order valence-electron chi connectivity index (χ1n) is 22.9. The van der Waals surface area contributed by atoms with E-state index in [-0.39, 0.29) is 41.7 Å². The van der Waals surface area contributed by atoms with Gasteiger partial charge in [0.1, 0.15) is 12.4 Å². The van der Waals surface area contributed by atoms with E-state index in [1.807, 2.05) is 13.0 Å². The molecule has 5 aliphatic rings. The molecular weight excluding hydrogens is 715 g/mol. The molecule has 1 aromatic carbocycles. The van der Waals surface area contributed by atoms with Crippen LogP contribution in [0.3, 0.4) is 0 Å². The lowest BCUT2D eigenvalue weighted by atomic mass is 9.61. The van der Waals surface area contributed by atoms with Gasteiger partial charge in [0.25, 0.3) is 0 Å². The number of piperazine rings is 1. The van der Waals surface area contributed by atoms with Crippen LogP contribution in [-0.2, 0) is 24.4 Å². The van der Waals surface area contributed by atoms with E-state index in [1.54, 1.807) is 0 Å². The number of fused-ring (bicyclic) bond motifs is 1. The zero-order valence-corrected chi connectivity index (χ0v) is 35.8. The number of oxazole rings is 1. The van der Waals surface area contributed by atoms with Gasteiger partial charge in [-0.25, -0.2) is 4.98 Å². The van der Waals surface area contributed by atoms with Gasteiger partial charge in [-0.15, -0.1) is 0 Å². The van der Waals surface area contributed by atoms with Crippen LogP contribution in [0.25, 0.3) is 0 Å². The van der Waals surface area contributed by atoms with Gasteiger partial charge in [0.05, 0.1) is 24.1 Å². The van der Waals surface area contributed by atoms with E-state index in [9.17, 15) is 9.90 Å².